The molecule has 0 aliphatic carbocycles. The number of aliphatic hydroxyl groups is 2. The molecule has 14 nitrogen and oxygen atoms in total. The Hall–Kier alpha value is -2.48. The Morgan fingerprint density at radius 3 is 1.64 bits per heavy atom. The van der Waals surface area contributed by atoms with Gasteiger partial charge in [0.05, 0.1) is 25.9 Å². The maximum Gasteiger partial charge on any atom is 0.472 e. The Kier molecular flexibility index (Phi) is 35.7. The van der Waals surface area contributed by atoms with Crippen LogP contribution in [-0.2, 0) is 41.8 Å². The van der Waals surface area contributed by atoms with E-state index >= 15 is 0 Å². The third-order valence-electron chi connectivity index (χ3n) is 8.40. The molecule has 0 saturated heterocycles. The highest BCUT2D eigenvalue weighted by molar-refractivity contribution is 7.47. The van der Waals surface area contributed by atoms with Crippen molar-refractivity contribution in [1.29, 1.82) is 0 Å². The monoisotopic (exact) mass is 876 g/mol. The fourth-order valence-corrected chi connectivity index (χ4v) is 6.33. The SMILES string of the molecule is CC/C=C\C/C=C\C/C=C\C/C=C\C/C=C\C=C/C(O)CCC(=O)OC[C@H](COP(=O)(O)OC[C@@H](O)COP(=O)(O)O)OC(=O)CCCCCCCCCCCC(C)C. The van der Waals surface area contributed by atoms with Gasteiger partial charge in [0, 0.05) is 12.8 Å². The second-order valence-electron chi connectivity index (χ2n) is 14.6. The van der Waals surface area contributed by atoms with E-state index in [9.17, 15) is 33.8 Å². The third-order valence-corrected chi connectivity index (χ3v) is 9.83. The van der Waals surface area contributed by atoms with Crippen molar-refractivity contribution in [2.45, 2.75) is 155 Å². The van der Waals surface area contributed by atoms with Crippen LogP contribution in [0.3, 0.4) is 0 Å². The van der Waals surface area contributed by atoms with E-state index in [1.54, 1.807) is 18.2 Å². The van der Waals surface area contributed by atoms with Crippen molar-refractivity contribution >= 4 is 27.6 Å². The minimum atomic E-state index is -4.89. The van der Waals surface area contributed by atoms with E-state index in [4.69, 9.17) is 23.8 Å². The Balaban J connectivity index is 4.76. The van der Waals surface area contributed by atoms with E-state index in [1.807, 2.05) is 12.2 Å². The van der Waals surface area contributed by atoms with Gasteiger partial charge in [-0.2, -0.15) is 0 Å². The molecule has 340 valence electrons. The number of ether oxygens (including phenoxy) is 2. The van der Waals surface area contributed by atoms with Crippen LogP contribution in [0.2, 0.25) is 0 Å². The lowest BCUT2D eigenvalue weighted by Crippen LogP contribution is -2.30. The molecule has 0 aliphatic rings. The predicted octanol–water partition coefficient (Wildman–Crippen LogP) is 9.44. The van der Waals surface area contributed by atoms with Crippen molar-refractivity contribution in [3.05, 3.63) is 72.9 Å². The van der Waals surface area contributed by atoms with E-state index < -0.39 is 72.3 Å². The molecule has 2 unspecified atom stereocenters. The van der Waals surface area contributed by atoms with Gasteiger partial charge in [-0.05, 0) is 50.9 Å². The van der Waals surface area contributed by atoms with Crippen molar-refractivity contribution in [2.75, 3.05) is 26.4 Å². The summed E-state index contributed by atoms with van der Waals surface area (Å²) >= 11 is 0. The average Bonchev–Trinajstić information content (AvgIpc) is 3.18. The van der Waals surface area contributed by atoms with Gasteiger partial charge in [0.1, 0.15) is 12.7 Å². The zero-order chi connectivity index (χ0) is 44.0. The second-order valence-corrected chi connectivity index (χ2v) is 17.3. The van der Waals surface area contributed by atoms with E-state index in [2.05, 4.69) is 72.4 Å². The van der Waals surface area contributed by atoms with Crippen LogP contribution < -0.4 is 0 Å². The fraction of sp³-hybridized carbons (Fsp3) is 0.674. The van der Waals surface area contributed by atoms with Crippen LogP contribution >= 0.6 is 15.6 Å². The molecule has 4 atom stereocenters. The summed E-state index contributed by atoms with van der Waals surface area (Å²) in [6.07, 6.45) is 35.4. The summed E-state index contributed by atoms with van der Waals surface area (Å²) in [5.74, 6) is -0.582. The van der Waals surface area contributed by atoms with E-state index in [1.165, 1.54) is 32.1 Å². The molecule has 0 saturated carbocycles. The van der Waals surface area contributed by atoms with E-state index in [0.29, 0.717) is 6.42 Å². The van der Waals surface area contributed by atoms with Gasteiger partial charge in [0.25, 0.3) is 0 Å². The minimum absolute atomic E-state index is 0.0624. The van der Waals surface area contributed by atoms with Gasteiger partial charge < -0.3 is 34.4 Å². The number of phosphoric ester groups is 2. The molecule has 0 spiro atoms. The van der Waals surface area contributed by atoms with Crippen LogP contribution in [0.15, 0.2) is 72.9 Å². The molecule has 0 aromatic rings. The number of phosphoric acid groups is 2. The van der Waals surface area contributed by atoms with Gasteiger partial charge >= 0.3 is 27.6 Å². The van der Waals surface area contributed by atoms with Gasteiger partial charge in [-0.25, -0.2) is 9.13 Å². The Bertz CT molecular complexity index is 1350. The topological polar surface area (TPSA) is 216 Å². The molecule has 0 rings (SSSR count). The summed E-state index contributed by atoms with van der Waals surface area (Å²) < 4.78 is 47.5. The smallest absolute Gasteiger partial charge is 0.462 e. The summed E-state index contributed by atoms with van der Waals surface area (Å²) in [5, 5.41) is 20.0. The zero-order valence-corrected chi connectivity index (χ0v) is 37.4. The average molecular weight is 877 g/mol. The molecule has 0 fully saturated rings. The first-order valence-corrected chi connectivity index (χ1v) is 24.1. The lowest BCUT2D eigenvalue weighted by Gasteiger charge is -2.20. The van der Waals surface area contributed by atoms with Crippen LogP contribution in [0.1, 0.15) is 136 Å². The second kappa shape index (κ2) is 37.3. The summed E-state index contributed by atoms with van der Waals surface area (Å²) in [5.41, 5.74) is 0. The summed E-state index contributed by atoms with van der Waals surface area (Å²) in [6, 6.07) is 0. The lowest BCUT2D eigenvalue weighted by atomic mass is 10.0. The van der Waals surface area contributed by atoms with Crippen LogP contribution in [0.4, 0.5) is 0 Å². The minimum Gasteiger partial charge on any atom is -0.462 e. The molecular weight excluding hydrogens is 802 g/mol. The molecule has 0 radical (unpaired) electrons. The molecule has 16 heteroatoms. The van der Waals surface area contributed by atoms with E-state index in [0.717, 1.165) is 63.7 Å². The number of hydrogen-bond donors (Lipinski definition) is 5. The van der Waals surface area contributed by atoms with Crippen LogP contribution in [0.5, 0.6) is 0 Å². The standard InChI is InChI=1S/C43H74O14P2/c1-4-5-6-7-8-9-10-11-12-13-14-15-18-21-24-27-30-39(44)32-33-42(46)53-36-41(37-56-59(51,52)55-35-40(45)34-54-58(48,49)50)57-43(47)31-28-25-22-19-16-17-20-23-26-29-38(2)3/h5-6,8-9,11-12,14-15,21,24,27,30,38-41,44-45H,4,7,10,13,16-20,22-23,25-26,28-29,31-37H2,1-3H3,(H,51,52)(H2,48,49,50)/b6-5-,9-8-,12-11-,15-14-,24-21-,30-27-/t39?,40-,41+/m0/s1. The van der Waals surface area contributed by atoms with Gasteiger partial charge in [-0.1, -0.05) is 151 Å². The van der Waals surface area contributed by atoms with Gasteiger partial charge in [-0.3, -0.25) is 23.2 Å². The number of allylic oxidation sites excluding steroid dienone is 11. The number of aliphatic hydroxyl groups excluding tert-OH is 2. The number of carbonyl (C=O) groups excluding carboxylic acids is 2. The quantitative estimate of drug-likeness (QED) is 0.0128. The first-order chi connectivity index (χ1) is 28.1. The predicted molar refractivity (Wildman–Crippen MR) is 231 cm³/mol. The molecule has 0 amide bonds. The van der Waals surface area contributed by atoms with Crippen molar-refractivity contribution in [2.24, 2.45) is 5.92 Å². The van der Waals surface area contributed by atoms with Gasteiger partial charge in [-0.15, -0.1) is 0 Å². The first-order valence-electron chi connectivity index (χ1n) is 21.1. The fourth-order valence-electron chi connectivity index (χ4n) is 5.17. The highest BCUT2D eigenvalue weighted by Crippen LogP contribution is 2.43. The molecule has 0 heterocycles. The van der Waals surface area contributed by atoms with Crippen LogP contribution in [0, 0.1) is 5.92 Å². The lowest BCUT2D eigenvalue weighted by molar-refractivity contribution is -0.161. The molecule has 0 bridgehead atoms. The molecule has 0 aromatic heterocycles. The Morgan fingerprint density at radius 1 is 0.576 bits per heavy atom. The van der Waals surface area contributed by atoms with Gasteiger partial charge in [0.15, 0.2) is 6.10 Å². The Labute approximate surface area is 353 Å². The number of unbranched alkanes of at least 4 members (excludes halogenated alkanes) is 8. The van der Waals surface area contributed by atoms with Crippen molar-refractivity contribution in [1.82, 2.24) is 0 Å². The van der Waals surface area contributed by atoms with Crippen LogP contribution in [-0.4, -0.2) is 81.6 Å². The summed E-state index contributed by atoms with van der Waals surface area (Å²) in [7, 11) is -9.75. The molecule has 5 N–H and O–H groups in total. The number of rotatable bonds is 38. The third kappa shape index (κ3) is 42.0. The van der Waals surface area contributed by atoms with Gasteiger partial charge in [0.2, 0.25) is 0 Å². The summed E-state index contributed by atoms with van der Waals surface area (Å²) in [4.78, 5) is 52.6. The molecular formula is C43H74O14P2. The number of carbonyl (C=O) groups is 2. The van der Waals surface area contributed by atoms with Crippen molar-refractivity contribution in [3.63, 3.8) is 0 Å². The first kappa shape index (κ1) is 56.5. The van der Waals surface area contributed by atoms with Crippen molar-refractivity contribution in [3.8, 4) is 0 Å². The molecule has 59 heavy (non-hydrogen) atoms. The van der Waals surface area contributed by atoms with Crippen LogP contribution in [0.25, 0.3) is 0 Å². The Morgan fingerprint density at radius 2 is 1.08 bits per heavy atom. The maximum atomic E-state index is 12.6. The number of hydrogen-bond acceptors (Lipinski definition) is 11. The summed E-state index contributed by atoms with van der Waals surface area (Å²) in [6.45, 7) is 3.62. The number of esters is 2. The largest absolute Gasteiger partial charge is 0.472 e. The highest BCUT2D eigenvalue weighted by Gasteiger charge is 2.28. The highest BCUT2D eigenvalue weighted by atomic mass is 31.2. The molecule has 0 aliphatic heterocycles. The van der Waals surface area contributed by atoms with Crippen molar-refractivity contribution < 1.29 is 66.7 Å². The normalized spacial score (nSPS) is 15.4. The maximum absolute atomic E-state index is 12.6. The zero-order valence-electron chi connectivity index (χ0n) is 35.6. The van der Waals surface area contributed by atoms with E-state index in [-0.39, 0.29) is 19.3 Å². The molecule has 0 aromatic carbocycles.